The van der Waals surface area contributed by atoms with Gasteiger partial charge in [-0.2, -0.15) is 0 Å². The molecule has 0 spiro atoms. The third-order valence-corrected chi connectivity index (χ3v) is 16.4. The lowest BCUT2D eigenvalue weighted by Gasteiger charge is -2.35. The van der Waals surface area contributed by atoms with Crippen LogP contribution in [0.25, 0.3) is 0 Å². The fourth-order valence-corrected chi connectivity index (χ4v) is 10.6. The number of ether oxygens (including phenoxy) is 5. The number of rotatable bonds is 39. The molecule has 0 heterocycles. The third-order valence-electron chi connectivity index (χ3n) is 16.4. The molecule has 0 aliphatic carbocycles. The Morgan fingerprint density at radius 2 is 0.906 bits per heavy atom. The summed E-state index contributed by atoms with van der Waals surface area (Å²) in [4.78, 5) is 121. The van der Waals surface area contributed by atoms with Crippen LogP contribution in [0.15, 0.2) is 97.1 Å². The zero-order valence-electron chi connectivity index (χ0n) is 59.8. The predicted octanol–water partition coefficient (Wildman–Crippen LogP) is 9.01. The van der Waals surface area contributed by atoms with Gasteiger partial charge >= 0.3 is 30.1 Å². The largest absolute Gasteiger partial charge is 0.508 e. The van der Waals surface area contributed by atoms with Gasteiger partial charge < -0.3 is 71.7 Å². The van der Waals surface area contributed by atoms with E-state index in [1.165, 1.54) is 12.1 Å². The summed E-state index contributed by atoms with van der Waals surface area (Å²) in [5.41, 5.74) is 4.05. The van der Waals surface area contributed by atoms with Gasteiger partial charge in [0.25, 0.3) is 1.43 Å². The van der Waals surface area contributed by atoms with Gasteiger partial charge in [0.15, 0.2) is 5.78 Å². The van der Waals surface area contributed by atoms with Crippen LogP contribution in [-0.2, 0) is 68.7 Å². The molecule has 10 N–H and O–H groups in total. The molecule has 0 bridgehead atoms. The van der Waals surface area contributed by atoms with E-state index in [4.69, 9.17) is 30.8 Å². The van der Waals surface area contributed by atoms with E-state index in [1.807, 2.05) is 55.4 Å². The first-order chi connectivity index (χ1) is 45.5. The number of aromatic hydroxyl groups is 1. The van der Waals surface area contributed by atoms with Gasteiger partial charge in [-0.15, -0.1) is 0 Å². The highest BCUT2D eigenvalue weighted by Crippen LogP contribution is 2.40. The maximum atomic E-state index is 14.2. The maximum Gasteiger partial charge on any atom is 0.413 e. The fraction of sp³-hybridized carbons (Fsp3) is 0.548. The molecule has 0 saturated carbocycles. The number of esters is 3. The second kappa shape index (κ2) is 37.2. The fourth-order valence-electron chi connectivity index (χ4n) is 10.6. The van der Waals surface area contributed by atoms with Crippen LogP contribution in [0.3, 0.4) is 0 Å². The van der Waals surface area contributed by atoms with Crippen molar-refractivity contribution in [1.82, 2.24) is 37.2 Å². The van der Waals surface area contributed by atoms with Crippen molar-refractivity contribution in [2.75, 3.05) is 46.1 Å². The zero-order valence-corrected chi connectivity index (χ0v) is 58.8. The number of hydrogen-bond acceptors (Lipinski definition) is 18. The topological polar surface area (TPSA) is 330 Å². The first-order valence-corrected chi connectivity index (χ1v) is 33.1. The van der Waals surface area contributed by atoms with E-state index in [2.05, 4.69) is 42.3 Å². The van der Waals surface area contributed by atoms with Crippen LogP contribution < -0.4 is 57.2 Å². The maximum absolute atomic E-state index is 14.2. The number of hydrogen-bond donors (Lipinski definition) is 9. The summed E-state index contributed by atoms with van der Waals surface area (Å²) in [5.74, 6) is -1.73. The van der Waals surface area contributed by atoms with Gasteiger partial charge in [-0.1, -0.05) is 90.1 Å². The lowest BCUT2D eigenvalue weighted by molar-refractivity contribution is -0.159. The molecule has 0 aliphatic heterocycles. The number of nitrogens with one attached hydrogen (secondary N) is 7. The monoisotopic (exact) mass is 1340 g/mol. The van der Waals surface area contributed by atoms with E-state index >= 15 is 0 Å². The van der Waals surface area contributed by atoms with Crippen molar-refractivity contribution in [1.29, 1.82) is 1.43 Å². The third kappa shape index (κ3) is 28.5. The van der Waals surface area contributed by atoms with E-state index in [-0.39, 0.29) is 106 Å². The molecule has 4 aromatic carbocycles. The van der Waals surface area contributed by atoms with Gasteiger partial charge in [-0.3, -0.25) is 33.6 Å². The minimum absolute atomic E-state index is 0.0393. The Bertz CT molecular complexity index is 3220. The number of phenolic OH excluding ortho intramolecular Hbond substituents is 1. The second-order valence-corrected chi connectivity index (χ2v) is 28.3. The molecule has 0 radical (unpaired) electrons. The molecular weight excluding hydrogens is 1230 g/mol. The van der Waals surface area contributed by atoms with Gasteiger partial charge in [0.1, 0.15) is 42.3 Å². The van der Waals surface area contributed by atoms with Crippen molar-refractivity contribution in [3.63, 3.8) is 0 Å². The molecule has 2 unspecified atom stereocenters. The number of aryl methyl sites for hydroxylation is 1. The van der Waals surface area contributed by atoms with E-state index < -0.39 is 75.7 Å². The number of benzene rings is 4. The van der Waals surface area contributed by atoms with Crippen LogP contribution in [0.2, 0.25) is 0 Å². The van der Waals surface area contributed by atoms with Crippen LogP contribution >= 0.6 is 0 Å². The molecule has 0 aromatic heterocycles. The normalized spacial score (nSPS) is 13.8. The average Bonchev–Trinajstić information content (AvgIpc) is 0.824. The van der Waals surface area contributed by atoms with Crippen molar-refractivity contribution < 1.29 is 71.9 Å². The molecule has 5 amide bonds. The van der Waals surface area contributed by atoms with Crippen molar-refractivity contribution in [2.24, 2.45) is 27.4 Å². The van der Waals surface area contributed by atoms with Crippen LogP contribution in [0.4, 0.5) is 9.59 Å². The minimum Gasteiger partial charge on any atom is -0.508 e. The highest BCUT2D eigenvalue weighted by molar-refractivity contribution is 5.92. The number of ketones is 1. The summed E-state index contributed by atoms with van der Waals surface area (Å²) < 4.78 is 34.7. The van der Waals surface area contributed by atoms with Crippen LogP contribution in [-0.4, -0.2) is 129 Å². The molecule has 0 fully saturated rings. The molecule has 23 nitrogen and oxygen atoms in total. The first-order valence-electron chi connectivity index (χ1n) is 33.5. The number of nitrogens with two attached hydrogens (primary N) is 1. The summed E-state index contributed by atoms with van der Waals surface area (Å²) in [7, 11) is 0. The molecule has 96 heavy (non-hydrogen) atoms. The van der Waals surface area contributed by atoms with Gasteiger partial charge in [0.2, 0.25) is 17.7 Å². The number of amides is 5. The number of Topliss-reactive ketones (excluding diaryl/α,β-unsaturated/α-hetero) is 1. The molecule has 23 heteroatoms. The molecule has 4 aromatic rings. The minimum atomic E-state index is -1.13. The lowest BCUT2D eigenvalue weighted by Crippen LogP contribution is -2.52. The Morgan fingerprint density at radius 1 is 0.500 bits per heavy atom. The van der Waals surface area contributed by atoms with E-state index in [9.17, 15) is 43.2 Å². The van der Waals surface area contributed by atoms with Crippen LogP contribution in [0, 0.1) is 21.7 Å². The smallest absolute Gasteiger partial charge is 0.413 e. The number of carbonyl (C=O) groups is 9. The predicted molar refractivity (Wildman–Crippen MR) is 367 cm³/mol. The Balaban J connectivity index is 1.31. The van der Waals surface area contributed by atoms with Crippen LogP contribution in [0.1, 0.15) is 164 Å². The Hall–Kier alpha value is -8.41. The van der Waals surface area contributed by atoms with Crippen LogP contribution in [0.5, 0.6) is 23.0 Å². The molecule has 0 aliphatic rings. The molecular formula is C73H106N8O15. The number of phenols is 1. The summed E-state index contributed by atoms with van der Waals surface area (Å²) in [6.45, 7) is 27.6. The van der Waals surface area contributed by atoms with Gasteiger partial charge in [-0.25, -0.2) is 9.59 Å². The van der Waals surface area contributed by atoms with E-state index in [0.29, 0.717) is 62.3 Å². The van der Waals surface area contributed by atoms with E-state index in [1.54, 1.807) is 126 Å². The molecule has 4 rings (SSSR count). The average molecular weight is 1340 g/mol. The highest BCUT2D eigenvalue weighted by atomic mass is 16.6. The molecule has 4 atom stereocenters. The zero-order chi connectivity index (χ0) is 72.2. The van der Waals surface area contributed by atoms with Crippen molar-refractivity contribution in [3.8, 4) is 23.0 Å². The summed E-state index contributed by atoms with van der Waals surface area (Å²) in [6.07, 6.45) is 1.16. The van der Waals surface area contributed by atoms with Gasteiger partial charge in [0, 0.05) is 60.9 Å². The summed E-state index contributed by atoms with van der Waals surface area (Å²) >= 11 is 0. The Kier molecular flexibility index (Phi) is 30.3. The number of carbonyl (C=O) groups excluding carboxylic acids is 9. The second-order valence-electron chi connectivity index (χ2n) is 28.3. The first kappa shape index (κ1) is 78.3. The van der Waals surface area contributed by atoms with Gasteiger partial charge in [-0.05, 0) is 178 Å². The summed E-state index contributed by atoms with van der Waals surface area (Å²) in [5, 5.41) is 24.9. The lowest BCUT2D eigenvalue weighted by atomic mass is 9.71. The van der Waals surface area contributed by atoms with Crippen molar-refractivity contribution in [3.05, 3.63) is 119 Å². The van der Waals surface area contributed by atoms with Gasteiger partial charge in [0.05, 0.1) is 30.0 Å². The summed E-state index contributed by atoms with van der Waals surface area (Å²) in [6, 6.07) is 24.6. The molecule has 0 saturated heterocycles. The van der Waals surface area contributed by atoms with E-state index in [0.717, 1.165) is 16.7 Å². The SMILES string of the molecule is [3H]Oc1ccc(C[C@H](NC(=O)C(C)(C)CC(C)(CC)C(=O)OCCNC(C)(C)C)C(=O)CCCc2ccc(OC(=O)NCNC(=O)Oc3ccc(C[C@H](NC(=O)C(C)(C)CC(C)(CC)C(=O)OCCNC(C)(C)C)C(=O)NCCc4ccc(OC(=O)CCN)cc4)cc3)cc2)cc1. The standard InChI is InChI=1S/C73H106N8O15/c1-15-72(13,64(88)92-42-40-78-68(3,4)5)46-70(9,10)62(86)80-57(44-51-20-28-53(82)29-21-51)59(83)19-17-18-49-22-32-55(33-23-49)95-66(90)76-48-77-67(91)96-56-34-26-52(27-35-56)45-58(61(85)75-39-37-50-24-30-54(31-25-50)94-60(84)36-38-74)81-63(87)71(11,12)47-73(14,16-2)65(89)93-43-41-79-69(6,7)8/h20-35,57-58,78-79,82H,15-19,36-48,74H2,1-14H3,(H,75,85)(H,76,90)(H,77,91)(H,80,86)(H,81,87)/t57-,58-,72?,73?/m0/s1/i/hT. The van der Waals surface area contributed by atoms with Crippen molar-refractivity contribution in [2.45, 2.75) is 191 Å². The Morgan fingerprint density at radius 3 is 1.33 bits per heavy atom. The van der Waals surface area contributed by atoms with Crippen molar-refractivity contribution >= 4 is 53.6 Å². The Labute approximate surface area is 568 Å². The quantitative estimate of drug-likeness (QED) is 0.00870. The highest BCUT2D eigenvalue weighted by Gasteiger charge is 2.44. The molecule has 528 valence electrons.